The van der Waals surface area contributed by atoms with Crippen LogP contribution < -0.4 is 10.6 Å². The quantitative estimate of drug-likeness (QED) is 0.825. The van der Waals surface area contributed by atoms with E-state index >= 15 is 0 Å². The van der Waals surface area contributed by atoms with Gasteiger partial charge >= 0.3 is 6.03 Å². The Kier molecular flexibility index (Phi) is 6.56. The molecule has 122 valence electrons. The third kappa shape index (κ3) is 6.08. The Bertz CT molecular complexity index is 588. The summed E-state index contributed by atoms with van der Waals surface area (Å²) in [6, 6.07) is 14.2. The predicted octanol–water partition coefficient (Wildman–Crippen LogP) is 2.40. The molecule has 1 aromatic carbocycles. The molecule has 1 atom stereocenters. The van der Waals surface area contributed by atoms with Crippen molar-refractivity contribution >= 4 is 6.03 Å². The van der Waals surface area contributed by atoms with E-state index in [2.05, 4.69) is 46.6 Å². The molecule has 2 N–H and O–H groups in total. The zero-order valence-corrected chi connectivity index (χ0v) is 13.7. The first-order chi connectivity index (χ1) is 11.1. The Morgan fingerprint density at radius 1 is 1.13 bits per heavy atom. The van der Waals surface area contributed by atoms with Crippen LogP contribution in [0.1, 0.15) is 18.1 Å². The molecule has 1 unspecified atom stereocenters. The SMILES string of the molecule is CC(CNC(=O)NCc1cccnc1)N(C)Cc1ccccc1. The third-order valence-corrected chi connectivity index (χ3v) is 3.76. The smallest absolute Gasteiger partial charge is 0.315 e. The van der Waals surface area contributed by atoms with Crippen LogP contribution in [-0.4, -0.2) is 35.5 Å². The second-order valence-corrected chi connectivity index (χ2v) is 5.67. The van der Waals surface area contributed by atoms with E-state index in [1.54, 1.807) is 12.4 Å². The number of nitrogens with zero attached hydrogens (tertiary/aromatic N) is 2. The van der Waals surface area contributed by atoms with Crippen molar-refractivity contribution in [3.8, 4) is 0 Å². The van der Waals surface area contributed by atoms with Gasteiger partial charge in [-0.3, -0.25) is 9.88 Å². The summed E-state index contributed by atoms with van der Waals surface area (Å²) in [6.45, 7) is 4.04. The minimum absolute atomic E-state index is 0.159. The molecule has 2 amide bonds. The Balaban J connectivity index is 1.68. The first-order valence-electron chi connectivity index (χ1n) is 7.80. The van der Waals surface area contributed by atoms with E-state index in [0.29, 0.717) is 13.1 Å². The van der Waals surface area contributed by atoms with Crippen LogP contribution >= 0.6 is 0 Å². The highest BCUT2D eigenvalue weighted by Crippen LogP contribution is 2.05. The number of urea groups is 1. The summed E-state index contributed by atoms with van der Waals surface area (Å²) < 4.78 is 0. The zero-order valence-electron chi connectivity index (χ0n) is 13.7. The van der Waals surface area contributed by atoms with Crippen molar-refractivity contribution in [2.45, 2.75) is 26.1 Å². The number of pyridine rings is 1. The highest BCUT2D eigenvalue weighted by atomic mass is 16.2. The molecule has 23 heavy (non-hydrogen) atoms. The summed E-state index contributed by atoms with van der Waals surface area (Å²) in [5.74, 6) is 0. The van der Waals surface area contributed by atoms with Crippen molar-refractivity contribution in [2.24, 2.45) is 0 Å². The molecular weight excluding hydrogens is 288 g/mol. The topological polar surface area (TPSA) is 57.3 Å². The van der Waals surface area contributed by atoms with Crippen molar-refractivity contribution in [1.29, 1.82) is 0 Å². The maximum Gasteiger partial charge on any atom is 0.315 e. The Labute approximate surface area is 137 Å². The molecule has 0 bridgehead atoms. The zero-order chi connectivity index (χ0) is 16.5. The molecule has 0 spiro atoms. The van der Waals surface area contributed by atoms with Gasteiger partial charge in [-0.15, -0.1) is 0 Å². The van der Waals surface area contributed by atoms with Crippen LogP contribution in [0, 0.1) is 0 Å². The molecule has 0 aliphatic heterocycles. The van der Waals surface area contributed by atoms with E-state index in [0.717, 1.165) is 12.1 Å². The van der Waals surface area contributed by atoms with Crippen molar-refractivity contribution in [2.75, 3.05) is 13.6 Å². The second kappa shape index (κ2) is 8.90. The maximum atomic E-state index is 11.8. The molecule has 2 rings (SSSR count). The summed E-state index contributed by atoms with van der Waals surface area (Å²) in [7, 11) is 2.06. The molecule has 1 aromatic heterocycles. The molecule has 0 aliphatic rings. The number of rotatable bonds is 7. The molecule has 0 fully saturated rings. The number of likely N-dealkylation sites (N-methyl/N-ethyl adjacent to an activating group) is 1. The van der Waals surface area contributed by atoms with Gasteiger partial charge in [0.2, 0.25) is 0 Å². The minimum atomic E-state index is -0.159. The number of carbonyl (C=O) groups excluding carboxylic acids is 1. The van der Waals surface area contributed by atoms with Gasteiger partial charge in [0.25, 0.3) is 0 Å². The van der Waals surface area contributed by atoms with E-state index in [1.165, 1.54) is 5.56 Å². The van der Waals surface area contributed by atoms with Crippen LogP contribution in [0.5, 0.6) is 0 Å². The lowest BCUT2D eigenvalue weighted by molar-refractivity contribution is 0.223. The fourth-order valence-electron chi connectivity index (χ4n) is 2.17. The van der Waals surface area contributed by atoms with Gasteiger partial charge in [0.15, 0.2) is 0 Å². The number of nitrogens with one attached hydrogen (secondary N) is 2. The number of carbonyl (C=O) groups is 1. The molecule has 0 radical (unpaired) electrons. The Morgan fingerprint density at radius 2 is 1.87 bits per heavy atom. The predicted molar refractivity (Wildman–Crippen MR) is 91.8 cm³/mol. The third-order valence-electron chi connectivity index (χ3n) is 3.76. The summed E-state index contributed by atoms with van der Waals surface area (Å²) >= 11 is 0. The van der Waals surface area contributed by atoms with Crippen LogP contribution in [0.4, 0.5) is 4.79 Å². The van der Waals surface area contributed by atoms with Gasteiger partial charge < -0.3 is 10.6 Å². The van der Waals surface area contributed by atoms with E-state index in [-0.39, 0.29) is 12.1 Å². The number of amides is 2. The van der Waals surface area contributed by atoms with Gasteiger partial charge in [0, 0.05) is 38.1 Å². The van der Waals surface area contributed by atoms with Crippen LogP contribution in [0.15, 0.2) is 54.9 Å². The lowest BCUT2D eigenvalue weighted by atomic mass is 10.2. The normalized spacial score (nSPS) is 12.0. The highest BCUT2D eigenvalue weighted by molar-refractivity contribution is 5.73. The van der Waals surface area contributed by atoms with Crippen molar-refractivity contribution in [3.63, 3.8) is 0 Å². The standard InChI is InChI=1S/C18H24N4O/c1-15(22(2)14-16-7-4-3-5-8-16)11-20-18(23)21-13-17-9-6-10-19-12-17/h3-10,12,15H,11,13-14H2,1-2H3,(H2,20,21,23). The Morgan fingerprint density at radius 3 is 2.57 bits per heavy atom. The van der Waals surface area contributed by atoms with Gasteiger partial charge in [0.05, 0.1) is 0 Å². The minimum Gasteiger partial charge on any atom is -0.337 e. The summed E-state index contributed by atoms with van der Waals surface area (Å²) in [6.07, 6.45) is 3.46. The Hall–Kier alpha value is -2.40. The van der Waals surface area contributed by atoms with Crippen molar-refractivity contribution in [3.05, 3.63) is 66.0 Å². The van der Waals surface area contributed by atoms with Crippen LogP contribution in [0.25, 0.3) is 0 Å². The molecule has 0 saturated carbocycles. The van der Waals surface area contributed by atoms with Gasteiger partial charge in [-0.25, -0.2) is 4.79 Å². The summed E-state index contributed by atoms with van der Waals surface area (Å²) in [5, 5.41) is 5.74. The van der Waals surface area contributed by atoms with Crippen molar-refractivity contribution in [1.82, 2.24) is 20.5 Å². The molecule has 0 saturated heterocycles. The molecular formula is C18H24N4O. The van der Waals surface area contributed by atoms with Crippen LogP contribution in [0.3, 0.4) is 0 Å². The lowest BCUT2D eigenvalue weighted by Gasteiger charge is -2.25. The molecule has 0 aliphatic carbocycles. The number of hydrogen-bond acceptors (Lipinski definition) is 3. The van der Waals surface area contributed by atoms with Crippen LogP contribution in [0.2, 0.25) is 0 Å². The van der Waals surface area contributed by atoms with Gasteiger partial charge in [-0.2, -0.15) is 0 Å². The van der Waals surface area contributed by atoms with Crippen molar-refractivity contribution < 1.29 is 4.79 Å². The van der Waals surface area contributed by atoms with E-state index < -0.39 is 0 Å². The maximum absolute atomic E-state index is 11.8. The lowest BCUT2D eigenvalue weighted by Crippen LogP contribution is -2.43. The fourth-order valence-corrected chi connectivity index (χ4v) is 2.17. The number of aromatic nitrogens is 1. The van der Waals surface area contributed by atoms with E-state index in [1.807, 2.05) is 30.3 Å². The first-order valence-corrected chi connectivity index (χ1v) is 7.80. The molecule has 1 heterocycles. The summed E-state index contributed by atoms with van der Waals surface area (Å²) in [5.41, 5.74) is 2.25. The van der Waals surface area contributed by atoms with E-state index in [9.17, 15) is 4.79 Å². The summed E-state index contributed by atoms with van der Waals surface area (Å²) in [4.78, 5) is 18.1. The monoisotopic (exact) mass is 312 g/mol. The van der Waals surface area contributed by atoms with E-state index in [4.69, 9.17) is 0 Å². The fraction of sp³-hybridized carbons (Fsp3) is 0.333. The molecule has 5 nitrogen and oxygen atoms in total. The average molecular weight is 312 g/mol. The van der Waals surface area contributed by atoms with Gasteiger partial charge in [-0.05, 0) is 31.2 Å². The first kappa shape index (κ1) is 17.0. The molecule has 2 aromatic rings. The average Bonchev–Trinajstić information content (AvgIpc) is 2.59. The largest absolute Gasteiger partial charge is 0.337 e. The highest BCUT2D eigenvalue weighted by Gasteiger charge is 2.11. The van der Waals surface area contributed by atoms with Crippen LogP contribution in [-0.2, 0) is 13.1 Å². The van der Waals surface area contributed by atoms with Gasteiger partial charge in [0.1, 0.15) is 0 Å². The number of benzene rings is 1. The number of hydrogen-bond donors (Lipinski definition) is 2. The molecule has 5 heteroatoms. The second-order valence-electron chi connectivity index (χ2n) is 5.67. The van der Waals surface area contributed by atoms with Gasteiger partial charge in [-0.1, -0.05) is 36.4 Å².